The number of nitrogens with two attached hydrogens (primary N) is 1. The van der Waals surface area contributed by atoms with E-state index in [0.717, 1.165) is 60.1 Å². The van der Waals surface area contributed by atoms with E-state index >= 15 is 0 Å². The van der Waals surface area contributed by atoms with E-state index in [2.05, 4.69) is 51.8 Å². The number of halogens is 4. The number of pyridine rings is 1. The molecule has 0 fully saturated rings. The second-order valence-corrected chi connectivity index (χ2v) is 10.9. The van der Waals surface area contributed by atoms with Gasteiger partial charge in [-0.25, -0.2) is 9.78 Å². The van der Waals surface area contributed by atoms with Crippen LogP contribution in [-0.2, 0) is 11.3 Å². The molecule has 0 spiro atoms. The minimum atomic E-state index is -5.08. The van der Waals surface area contributed by atoms with Crippen molar-refractivity contribution >= 4 is 56.1 Å². The average molecular weight is 586 g/mol. The third-order valence-electron chi connectivity index (χ3n) is 5.65. The van der Waals surface area contributed by atoms with Crippen LogP contribution in [0.25, 0.3) is 10.2 Å². The minimum absolute atomic E-state index is 0.0750. The second kappa shape index (κ2) is 14.0. The van der Waals surface area contributed by atoms with Crippen molar-refractivity contribution in [1.82, 2.24) is 4.98 Å². The van der Waals surface area contributed by atoms with Gasteiger partial charge >= 0.3 is 12.1 Å². The third-order valence-corrected chi connectivity index (χ3v) is 8.07. The van der Waals surface area contributed by atoms with E-state index in [9.17, 15) is 13.2 Å². The zero-order valence-corrected chi connectivity index (χ0v) is 22.6. The zero-order chi connectivity index (χ0) is 27.7. The lowest BCUT2D eigenvalue weighted by Gasteiger charge is -2.24. The molecule has 0 saturated carbocycles. The highest BCUT2D eigenvalue weighted by atomic mass is 35.5. The third kappa shape index (κ3) is 8.19. The van der Waals surface area contributed by atoms with E-state index in [4.69, 9.17) is 32.3 Å². The number of carboxylic acid groups (broad SMARTS) is 1. The lowest BCUT2D eigenvalue weighted by atomic mass is 9.87. The molecule has 4 rings (SSSR count). The first-order chi connectivity index (χ1) is 18.1. The van der Waals surface area contributed by atoms with E-state index < -0.39 is 12.1 Å². The van der Waals surface area contributed by atoms with Crippen molar-refractivity contribution in [2.75, 3.05) is 11.9 Å². The number of thiophene rings is 2. The molecule has 12 heteroatoms. The molecule has 1 aliphatic rings. The molecule has 0 aliphatic heterocycles. The van der Waals surface area contributed by atoms with Gasteiger partial charge in [-0.05, 0) is 37.1 Å². The van der Waals surface area contributed by atoms with Crippen molar-refractivity contribution in [2.24, 2.45) is 5.73 Å². The van der Waals surface area contributed by atoms with E-state index in [1.54, 1.807) is 22.7 Å². The molecule has 0 saturated heterocycles. The number of aliphatic hydroxyl groups is 1. The molecule has 3 aromatic rings. The van der Waals surface area contributed by atoms with Gasteiger partial charge in [0.05, 0.1) is 16.0 Å². The number of unbranched alkanes of at least 4 members (excludes halogenated alkanes) is 2. The summed E-state index contributed by atoms with van der Waals surface area (Å²) >= 11 is 9.89. The number of alkyl halides is 3. The Kier molecular flexibility index (Phi) is 11.0. The van der Waals surface area contributed by atoms with Gasteiger partial charge in [0, 0.05) is 47.4 Å². The first-order valence-corrected chi connectivity index (χ1v) is 13.9. The molecular weight excluding hydrogens is 559 g/mol. The van der Waals surface area contributed by atoms with Crippen LogP contribution in [0.3, 0.4) is 0 Å². The Morgan fingerprint density at radius 1 is 1.29 bits per heavy atom. The fourth-order valence-corrected chi connectivity index (χ4v) is 5.99. The number of hydrogen-bond donors (Lipinski definition) is 4. The fourth-order valence-electron chi connectivity index (χ4n) is 3.77. The van der Waals surface area contributed by atoms with Gasteiger partial charge in [-0.3, -0.25) is 0 Å². The van der Waals surface area contributed by atoms with Crippen molar-refractivity contribution in [3.05, 3.63) is 56.2 Å². The lowest BCUT2D eigenvalue weighted by Crippen LogP contribution is -2.29. The highest BCUT2D eigenvalue weighted by Gasteiger charge is 2.38. The molecule has 2 atom stereocenters. The molecule has 0 bridgehead atoms. The Hall–Kier alpha value is -2.62. The average Bonchev–Trinajstić information content (AvgIpc) is 3.51. The summed E-state index contributed by atoms with van der Waals surface area (Å²) in [5, 5.41) is 22.2. The van der Waals surface area contributed by atoms with Crippen LogP contribution >= 0.6 is 34.3 Å². The first kappa shape index (κ1) is 29.9. The lowest BCUT2D eigenvalue weighted by molar-refractivity contribution is -0.192. The molecule has 3 heterocycles. The predicted molar refractivity (Wildman–Crippen MR) is 147 cm³/mol. The summed E-state index contributed by atoms with van der Waals surface area (Å²) in [5.41, 5.74) is 9.31. The van der Waals surface area contributed by atoms with E-state index in [1.807, 2.05) is 6.07 Å². The number of fused-ring (bicyclic) bond motifs is 1. The highest BCUT2D eigenvalue weighted by Crippen LogP contribution is 2.43. The maximum atomic E-state index is 10.6. The topological polar surface area (TPSA) is 108 Å². The smallest absolute Gasteiger partial charge is 0.475 e. The second-order valence-electron chi connectivity index (χ2n) is 8.44. The minimum Gasteiger partial charge on any atom is -0.475 e. The molecular formula is C26H27ClF3N3O3S2. The summed E-state index contributed by atoms with van der Waals surface area (Å²) in [6.07, 6.45) is 3.49. The Labute approximate surface area is 231 Å². The zero-order valence-electron chi connectivity index (χ0n) is 20.2. The highest BCUT2D eigenvalue weighted by molar-refractivity contribution is 7.20. The molecule has 0 aromatic carbocycles. The number of rotatable bonds is 7. The van der Waals surface area contributed by atoms with Crippen LogP contribution in [0.4, 0.5) is 18.9 Å². The summed E-state index contributed by atoms with van der Waals surface area (Å²) in [6.45, 7) is 0.947. The molecule has 1 aliphatic carbocycles. The monoisotopic (exact) mass is 585 g/mol. The SMILES string of the molecule is N[C@H]1CC=CC[C@@H]1c1sc2c(NCc3cccs3)cc(Cl)nc2c1C#CCCCCO.O=C(O)C(F)(F)F. The quantitative estimate of drug-likeness (QED) is 0.109. The number of hydrogen-bond acceptors (Lipinski definition) is 7. The van der Waals surface area contributed by atoms with E-state index in [0.29, 0.717) is 5.15 Å². The number of nitrogens with one attached hydrogen (secondary N) is 1. The maximum absolute atomic E-state index is 10.6. The van der Waals surface area contributed by atoms with Crippen LogP contribution in [-0.4, -0.2) is 40.0 Å². The van der Waals surface area contributed by atoms with Gasteiger partial charge in [-0.15, -0.1) is 22.7 Å². The van der Waals surface area contributed by atoms with Crippen LogP contribution in [0.2, 0.25) is 5.15 Å². The number of anilines is 1. The number of carboxylic acids is 1. The fraction of sp³-hybridized carbons (Fsp3) is 0.385. The number of aliphatic hydroxyl groups excluding tert-OH is 1. The number of aliphatic carboxylic acids is 1. The van der Waals surface area contributed by atoms with Crippen LogP contribution < -0.4 is 11.1 Å². The molecule has 3 aromatic heterocycles. The van der Waals surface area contributed by atoms with Gasteiger partial charge in [0.15, 0.2) is 0 Å². The first-order valence-electron chi connectivity index (χ1n) is 11.8. The molecule has 38 heavy (non-hydrogen) atoms. The molecule has 204 valence electrons. The normalized spacial score (nSPS) is 16.9. The van der Waals surface area contributed by atoms with Crippen LogP contribution in [0.15, 0.2) is 35.7 Å². The number of aromatic nitrogens is 1. The standard InChI is InChI=1S/C24H26ClN3OS2.C2HF3O2/c25-21-14-20(27-15-16-8-7-13-30-16)24-22(28-21)18(10-3-1-2-6-12-29)23(31-24)17-9-4-5-11-19(17)26;3-2(4,5)1(6)7/h4-5,7-8,13-14,17,19,29H,1-2,6,9,11-12,15,26H2,(H,27,28);(H,6,7)/t17-,19-;/m0./s1. The van der Waals surface area contributed by atoms with Crippen molar-refractivity contribution in [1.29, 1.82) is 0 Å². The molecule has 0 amide bonds. The molecule has 0 radical (unpaired) electrons. The van der Waals surface area contributed by atoms with Crippen molar-refractivity contribution in [3.63, 3.8) is 0 Å². The number of carbonyl (C=O) groups is 1. The van der Waals surface area contributed by atoms with Crippen LogP contribution in [0, 0.1) is 11.8 Å². The molecule has 5 N–H and O–H groups in total. The van der Waals surface area contributed by atoms with Gasteiger partial charge in [0.25, 0.3) is 0 Å². The Balaban J connectivity index is 0.000000505. The molecule has 0 unspecified atom stereocenters. The van der Waals surface area contributed by atoms with Crippen LogP contribution in [0.1, 0.15) is 53.3 Å². The van der Waals surface area contributed by atoms with E-state index in [1.165, 1.54) is 9.75 Å². The Bertz CT molecular complexity index is 1310. The van der Waals surface area contributed by atoms with Crippen molar-refractivity contribution in [3.8, 4) is 11.8 Å². The predicted octanol–water partition coefficient (Wildman–Crippen LogP) is 6.53. The Morgan fingerprint density at radius 2 is 2.03 bits per heavy atom. The van der Waals surface area contributed by atoms with Gasteiger partial charge in [0.2, 0.25) is 0 Å². The van der Waals surface area contributed by atoms with E-state index in [-0.39, 0.29) is 18.6 Å². The summed E-state index contributed by atoms with van der Waals surface area (Å²) in [7, 11) is 0. The number of nitrogens with zero attached hydrogens (tertiary/aromatic N) is 1. The van der Waals surface area contributed by atoms with Crippen LogP contribution in [0.5, 0.6) is 0 Å². The van der Waals surface area contributed by atoms with Crippen molar-refractivity contribution in [2.45, 2.75) is 56.8 Å². The Morgan fingerprint density at radius 3 is 2.66 bits per heavy atom. The van der Waals surface area contributed by atoms with Gasteiger partial charge in [-0.1, -0.05) is 41.7 Å². The maximum Gasteiger partial charge on any atom is 0.490 e. The molecule has 6 nitrogen and oxygen atoms in total. The number of allylic oxidation sites excluding steroid dienone is 1. The largest absolute Gasteiger partial charge is 0.490 e. The summed E-state index contributed by atoms with van der Waals surface area (Å²) < 4.78 is 32.8. The summed E-state index contributed by atoms with van der Waals surface area (Å²) in [4.78, 5) is 16.0. The van der Waals surface area contributed by atoms with Gasteiger partial charge < -0.3 is 21.3 Å². The summed E-state index contributed by atoms with van der Waals surface area (Å²) in [5.74, 6) is 4.15. The van der Waals surface area contributed by atoms with Gasteiger partial charge in [0.1, 0.15) is 10.7 Å². The van der Waals surface area contributed by atoms with Gasteiger partial charge in [-0.2, -0.15) is 13.2 Å². The summed E-state index contributed by atoms with van der Waals surface area (Å²) in [6, 6.07) is 6.15. The van der Waals surface area contributed by atoms with Crippen molar-refractivity contribution < 1.29 is 28.2 Å².